The zero-order chi connectivity index (χ0) is 8.27. The van der Waals surface area contributed by atoms with E-state index in [1.54, 1.807) is 6.20 Å². The van der Waals surface area contributed by atoms with Crippen LogP contribution < -0.4 is 5.73 Å². The number of nitrogens with two attached hydrogens (primary N) is 1. The lowest BCUT2D eigenvalue weighted by Crippen LogP contribution is -1.93. The molecule has 0 aliphatic carbocycles. The van der Waals surface area contributed by atoms with Crippen LogP contribution in [0.3, 0.4) is 0 Å². The quantitative estimate of drug-likeness (QED) is 0.646. The van der Waals surface area contributed by atoms with Gasteiger partial charge in [0.1, 0.15) is 11.6 Å². The summed E-state index contributed by atoms with van der Waals surface area (Å²) in [4.78, 5) is 2.84. The van der Waals surface area contributed by atoms with Crippen LogP contribution in [0.5, 0.6) is 0 Å². The van der Waals surface area contributed by atoms with Crippen LogP contribution in [-0.4, -0.2) is 11.6 Å². The second-order valence-electron chi connectivity index (χ2n) is 2.16. The Morgan fingerprint density at radius 3 is 3.00 bits per heavy atom. The highest BCUT2D eigenvalue weighted by atomic mass is 16.5. The van der Waals surface area contributed by atoms with Crippen LogP contribution in [-0.2, 0) is 4.74 Å². The number of anilines is 1. The second kappa shape index (κ2) is 3.14. The van der Waals surface area contributed by atoms with Gasteiger partial charge in [0, 0.05) is 6.20 Å². The molecule has 1 aromatic heterocycles. The molecule has 60 valence electrons. The molecule has 0 unspecified atom stereocenters. The molecule has 0 aliphatic heterocycles. The largest absolute Gasteiger partial charge is 0.494 e. The molecule has 0 aliphatic rings. The van der Waals surface area contributed by atoms with Gasteiger partial charge in [-0.05, 0) is 13.0 Å². The molecule has 0 saturated carbocycles. The van der Waals surface area contributed by atoms with E-state index in [9.17, 15) is 0 Å². The van der Waals surface area contributed by atoms with Crippen molar-refractivity contribution in [1.29, 1.82) is 0 Å². The van der Waals surface area contributed by atoms with E-state index in [2.05, 4.69) is 11.6 Å². The summed E-state index contributed by atoms with van der Waals surface area (Å²) in [6, 6.07) is 1.84. The summed E-state index contributed by atoms with van der Waals surface area (Å²) < 4.78 is 5.17. The summed E-state index contributed by atoms with van der Waals surface area (Å²) in [5.41, 5.74) is 6.42. The summed E-state index contributed by atoms with van der Waals surface area (Å²) in [5.74, 6) is 1.22. The molecule has 0 aromatic carbocycles. The third-order valence-electron chi connectivity index (χ3n) is 1.40. The molecule has 1 aromatic rings. The zero-order valence-electron chi connectivity index (χ0n) is 6.55. The fraction of sp³-hybridized carbons (Fsp3) is 0.250. The third kappa shape index (κ3) is 1.55. The molecule has 0 saturated heterocycles. The molecule has 3 N–H and O–H groups in total. The van der Waals surface area contributed by atoms with Crippen LogP contribution in [0.4, 0.5) is 5.82 Å². The number of aromatic nitrogens is 1. The van der Waals surface area contributed by atoms with Crippen LogP contribution in [0.15, 0.2) is 18.8 Å². The summed E-state index contributed by atoms with van der Waals surface area (Å²) in [7, 11) is 0. The van der Waals surface area contributed by atoms with Crippen molar-refractivity contribution in [1.82, 2.24) is 4.98 Å². The van der Waals surface area contributed by atoms with E-state index in [1.165, 1.54) is 0 Å². The fourth-order valence-corrected chi connectivity index (χ4v) is 0.877. The van der Waals surface area contributed by atoms with Gasteiger partial charge < -0.3 is 15.5 Å². The first-order valence-corrected chi connectivity index (χ1v) is 3.50. The number of rotatable bonds is 3. The summed E-state index contributed by atoms with van der Waals surface area (Å²) in [6.45, 7) is 6.25. The van der Waals surface area contributed by atoms with Gasteiger partial charge in [0.05, 0.1) is 12.2 Å². The van der Waals surface area contributed by atoms with E-state index >= 15 is 0 Å². The smallest absolute Gasteiger partial charge is 0.123 e. The minimum atomic E-state index is 0.600. The van der Waals surface area contributed by atoms with Crippen molar-refractivity contribution in [3.05, 3.63) is 24.4 Å². The zero-order valence-corrected chi connectivity index (χ0v) is 6.55. The van der Waals surface area contributed by atoms with E-state index in [1.807, 2.05) is 13.0 Å². The average molecular weight is 152 g/mol. The minimum Gasteiger partial charge on any atom is -0.494 e. The van der Waals surface area contributed by atoms with Crippen molar-refractivity contribution in [2.75, 3.05) is 12.3 Å². The Hall–Kier alpha value is -1.38. The first-order chi connectivity index (χ1) is 5.25. The highest BCUT2D eigenvalue weighted by molar-refractivity contribution is 5.67. The van der Waals surface area contributed by atoms with Gasteiger partial charge in [-0.2, -0.15) is 0 Å². The molecule has 0 fully saturated rings. The van der Waals surface area contributed by atoms with Gasteiger partial charge in [-0.15, -0.1) is 0 Å². The van der Waals surface area contributed by atoms with Gasteiger partial charge in [-0.1, -0.05) is 6.58 Å². The third-order valence-corrected chi connectivity index (χ3v) is 1.40. The lowest BCUT2D eigenvalue weighted by molar-refractivity contribution is 0.299. The number of hydrogen-bond acceptors (Lipinski definition) is 2. The number of hydrogen-bond donors (Lipinski definition) is 2. The normalized spacial score (nSPS) is 9.55. The predicted octanol–water partition coefficient (Wildman–Crippen LogP) is 1.60. The van der Waals surface area contributed by atoms with Crippen LogP contribution in [0.2, 0.25) is 0 Å². The SMILES string of the molecule is C=C(OCC)c1cc[nH]c1N. The lowest BCUT2D eigenvalue weighted by Gasteiger charge is -2.04. The van der Waals surface area contributed by atoms with Gasteiger partial charge in [0.2, 0.25) is 0 Å². The molecule has 1 rings (SSSR count). The Labute approximate surface area is 65.9 Å². The Kier molecular flexibility index (Phi) is 2.21. The van der Waals surface area contributed by atoms with Gasteiger partial charge in [0.15, 0.2) is 0 Å². The van der Waals surface area contributed by atoms with Gasteiger partial charge in [-0.3, -0.25) is 0 Å². The van der Waals surface area contributed by atoms with Crippen LogP contribution >= 0.6 is 0 Å². The van der Waals surface area contributed by atoms with Crippen molar-refractivity contribution in [2.45, 2.75) is 6.92 Å². The van der Waals surface area contributed by atoms with Crippen molar-refractivity contribution in [3.63, 3.8) is 0 Å². The molecule has 3 heteroatoms. The summed E-state index contributed by atoms with van der Waals surface area (Å²) in [5, 5.41) is 0. The number of nitrogen functional groups attached to an aromatic ring is 1. The monoisotopic (exact) mass is 152 g/mol. The molecule has 1 heterocycles. The predicted molar refractivity (Wildman–Crippen MR) is 45.9 cm³/mol. The lowest BCUT2D eigenvalue weighted by atomic mass is 10.3. The molecule has 0 amide bonds. The van der Waals surface area contributed by atoms with E-state index in [0.717, 1.165) is 5.56 Å². The van der Waals surface area contributed by atoms with Crippen molar-refractivity contribution >= 4 is 11.6 Å². The van der Waals surface area contributed by atoms with E-state index in [4.69, 9.17) is 10.5 Å². The van der Waals surface area contributed by atoms with Gasteiger partial charge >= 0.3 is 0 Å². The number of nitrogens with one attached hydrogen (secondary N) is 1. The van der Waals surface area contributed by atoms with Crippen molar-refractivity contribution < 1.29 is 4.74 Å². The van der Waals surface area contributed by atoms with E-state index < -0.39 is 0 Å². The number of aromatic amines is 1. The standard InChI is InChI=1S/C8H12N2O/c1-3-11-6(2)7-4-5-10-8(7)9/h4-5,10H,2-3,9H2,1H3. The molecule has 0 atom stereocenters. The maximum atomic E-state index is 5.58. The number of ether oxygens (including phenoxy) is 1. The summed E-state index contributed by atoms with van der Waals surface area (Å²) in [6.07, 6.45) is 1.76. The average Bonchev–Trinajstić information content (AvgIpc) is 2.36. The molecule has 11 heavy (non-hydrogen) atoms. The highest BCUT2D eigenvalue weighted by Gasteiger charge is 2.03. The van der Waals surface area contributed by atoms with Crippen LogP contribution in [0.1, 0.15) is 12.5 Å². The molecule has 0 radical (unpaired) electrons. The molecular formula is C8H12N2O. The van der Waals surface area contributed by atoms with E-state index in [0.29, 0.717) is 18.2 Å². The first kappa shape index (κ1) is 7.72. The molecule has 0 spiro atoms. The van der Waals surface area contributed by atoms with Crippen LogP contribution in [0.25, 0.3) is 5.76 Å². The Morgan fingerprint density at radius 1 is 1.82 bits per heavy atom. The van der Waals surface area contributed by atoms with Crippen molar-refractivity contribution in [3.8, 4) is 0 Å². The summed E-state index contributed by atoms with van der Waals surface area (Å²) >= 11 is 0. The topological polar surface area (TPSA) is 51.0 Å². The molecular weight excluding hydrogens is 140 g/mol. The highest BCUT2D eigenvalue weighted by Crippen LogP contribution is 2.18. The first-order valence-electron chi connectivity index (χ1n) is 3.50. The van der Waals surface area contributed by atoms with Crippen molar-refractivity contribution in [2.24, 2.45) is 0 Å². The minimum absolute atomic E-state index is 0.600. The van der Waals surface area contributed by atoms with Crippen LogP contribution in [0, 0.1) is 0 Å². The maximum Gasteiger partial charge on any atom is 0.123 e. The fourth-order valence-electron chi connectivity index (χ4n) is 0.877. The molecule has 0 bridgehead atoms. The van der Waals surface area contributed by atoms with E-state index in [-0.39, 0.29) is 0 Å². The Balaban J connectivity index is 2.76. The maximum absolute atomic E-state index is 5.58. The Bertz CT molecular complexity index is 252. The van der Waals surface area contributed by atoms with Gasteiger partial charge in [0.25, 0.3) is 0 Å². The number of H-pyrrole nitrogens is 1. The molecule has 3 nitrogen and oxygen atoms in total. The Morgan fingerprint density at radius 2 is 2.55 bits per heavy atom. The van der Waals surface area contributed by atoms with Gasteiger partial charge in [-0.25, -0.2) is 0 Å². The second-order valence-corrected chi connectivity index (χ2v) is 2.16.